The molecule has 1 N–H and O–H groups in total. The van der Waals surface area contributed by atoms with Crippen molar-refractivity contribution in [3.63, 3.8) is 0 Å². The molecule has 1 aromatic heterocycles. The van der Waals surface area contributed by atoms with Gasteiger partial charge in [0.25, 0.3) is 0 Å². The van der Waals surface area contributed by atoms with Gasteiger partial charge in [0.15, 0.2) is 0 Å². The Morgan fingerprint density at radius 2 is 1.52 bits per heavy atom. The topological polar surface area (TPSA) is 15.8 Å². The van der Waals surface area contributed by atoms with Crippen molar-refractivity contribution in [3.05, 3.63) is 63.3 Å². The number of hydrogen-bond donors (Lipinski definition) is 1. The lowest BCUT2D eigenvalue weighted by Crippen LogP contribution is -1.90. The van der Waals surface area contributed by atoms with Gasteiger partial charge in [0, 0.05) is 21.7 Å². The minimum atomic E-state index is 0.699. The van der Waals surface area contributed by atoms with Crippen LogP contribution in [0.15, 0.2) is 47.0 Å². The van der Waals surface area contributed by atoms with Crippen LogP contribution in [0.25, 0.3) is 16.5 Å². The van der Waals surface area contributed by atoms with E-state index >= 15 is 0 Å². The summed E-state index contributed by atoms with van der Waals surface area (Å²) in [4.78, 5) is 3.30. The van der Waals surface area contributed by atoms with Crippen LogP contribution < -0.4 is 0 Å². The largest absolute Gasteiger partial charge is 0.357 e. The van der Waals surface area contributed by atoms with E-state index in [0.717, 1.165) is 38.9 Å². The average Bonchev–Trinajstić information content (AvgIpc) is 3.04. The van der Waals surface area contributed by atoms with Crippen LogP contribution in [0, 0.1) is 6.92 Å². The molecule has 0 aliphatic carbocycles. The van der Waals surface area contributed by atoms with Gasteiger partial charge in [0.1, 0.15) is 0 Å². The van der Waals surface area contributed by atoms with Crippen molar-refractivity contribution < 1.29 is 0 Å². The van der Waals surface area contributed by atoms with E-state index in [0.29, 0.717) is 10.1 Å². The Kier molecular flexibility index (Phi) is 15.0. The third-order valence-corrected chi connectivity index (χ3v) is 3.84. The molecule has 0 aliphatic heterocycles. The Balaban J connectivity index is 0. The number of hydrogen-bond acceptors (Lipinski definition) is 0. The van der Waals surface area contributed by atoms with E-state index in [9.17, 15) is 0 Å². The standard InChI is InChI=1S/C18H19Cl2N.3C2H6/c1-10(2)8-16(20)17(11(3)4)13-6-7-15(19)18-14(13)9-12(5)21-18;3*1-2/h6-9,21H,3H2,1-2,4-5H3;3*1-2H3/b17-16-;;;. The summed E-state index contributed by atoms with van der Waals surface area (Å²) in [6, 6.07) is 5.99. The number of aryl methyl sites for hydroxylation is 1. The summed E-state index contributed by atoms with van der Waals surface area (Å²) in [5, 5.41) is 2.48. The molecule has 2 aromatic rings. The second-order valence-electron chi connectivity index (χ2n) is 5.56. The maximum atomic E-state index is 6.52. The van der Waals surface area contributed by atoms with Gasteiger partial charge in [0.05, 0.1) is 10.5 Å². The van der Waals surface area contributed by atoms with Crippen molar-refractivity contribution in [2.75, 3.05) is 0 Å². The summed E-state index contributed by atoms with van der Waals surface area (Å²) in [6.07, 6.45) is 1.96. The summed E-state index contributed by atoms with van der Waals surface area (Å²) in [5.74, 6) is 0. The molecule has 0 amide bonds. The molecule has 0 radical (unpaired) electrons. The van der Waals surface area contributed by atoms with Crippen LogP contribution in [-0.4, -0.2) is 4.98 Å². The Morgan fingerprint density at radius 1 is 1.00 bits per heavy atom. The highest BCUT2D eigenvalue weighted by Crippen LogP contribution is 2.36. The van der Waals surface area contributed by atoms with Gasteiger partial charge >= 0.3 is 0 Å². The molecular weight excluding hydrogens is 373 g/mol. The van der Waals surface area contributed by atoms with Crippen LogP contribution in [0.5, 0.6) is 0 Å². The lowest BCUT2D eigenvalue weighted by molar-refractivity contribution is 1.30. The van der Waals surface area contributed by atoms with Crippen molar-refractivity contribution in [2.24, 2.45) is 0 Å². The highest BCUT2D eigenvalue weighted by Gasteiger charge is 2.14. The molecule has 1 aromatic carbocycles. The predicted octanol–water partition coefficient (Wildman–Crippen LogP) is 9.70. The quantitative estimate of drug-likeness (QED) is 0.485. The third-order valence-electron chi connectivity index (χ3n) is 3.23. The number of fused-ring (bicyclic) bond motifs is 1. The fraction of sp³-hybridized carbons (Fsp3) is 0.417. The predicted molar refractivity (Wildman–Crippen MR) is 129 cm³/mol. The average molecular weight is 410 g/mol. The minimum absolute atomic E-state index is 0.699. The molecular formula is C24H37Cl2N. The number of halogens is 2. The van der Waals surface area contributed by atoms with E-state index < -0.39 is 0 Å². The van der Waals surface area contributed by atoms with Gasteiger partial charge in [-0.15, -0.1) is 0 Å². The number of aromatic nitrogens is 1. The van der Waals surface area contributed by atoms with Gasteiger partial charge in [0.2, 0.25) is 0 Å². The van der Waals surface area contributed by atoms with Crippen LogP contribution in [-0.2, 0) is 0 Å². The first-order chi connectivity index (χ1) is 12.8. The van der Waals surface area contributed by atoms with E-state index in [-0.39, 0.29) is 0 Å². The smallest absolute Gasteiger partial charge is 0.0651 e. The third kappa shape index (κ3) is 7.99. The maximum Gasteiger partial charge on any atom is 0.0651 e. The normalized spacial score (nSPS) is 10.2. The van der Waals surface area contributed by atoms with Gasteiger partial charge in [-0.05, 0) is 57.0 Å². The number of nitrogens with one attached hydrogen (secondary N) is 1. The van der Waals surface area contributed by atoms with Gasteiger partial charge in [-0.1, -0.05) is 83.0 Å². The van der Waals surface area contributed by atoms with Gasteiger partial charge < -0.3 is 4.98 Å². The van der Waals surface area contributed by atoms with E-state index in [1.807, 2.05) is 87.4 Å². The molecule has 0 unspecified atom stereocenters. The molecule has 0 spiro atoms. The molecule has 27 heavy (non-hydrogen) atoms. The molecule has 0 saturated carbocycles. The van der Waals surface area contributed by atoms with Crippen molar-refractivity contribution in [1.29, 1.82) is 0 Å². The van der Waals surface area contributed by atoms with Crippen molar-refractivity contribution in [3.8, 4) is 0 Å². The first-order valence-electron chi connectivity index (χ1n) is 9.80. The van der Waals surface area contributed by atoms with Crippen molar-refractivity contribution in [2.45, 2.75) is 69.2 Å². The van der Waals surface area contributed by atoms with Gasteiger partial charge in [-0.25, -0.2) is 0 Å². The van der Waals surface area contributed by atoms with Crippen molar-refractivity contribution >= 4 is 39.7 Å². The maximum absolute atomic E-state index is 6.52. The second kappa shape index (κ2) is 14.6. The monoisotopic (exact) mass is 409 g/mol. The number of rotatable bonds is 3. The van der Waals surface area contributed by atoms with Crippen LogP contribution in [0.3, 0.4) is 0 Å². The molecule has 0 bridgehead atoms. The lowest BCUT2D eigenvalue weighted by atomic mass is 9.96. The number of allylic oxidation sites excluding steroid dienone is 5. The van der Waals surface area contributed by atoms with E-state index in [2.05, 4.69) is 17.6 Å². The van der Waals surface area contributed by atoms with Crippen LogP contribution in [0.2, 0.25) is 5.02 Å². The minimum Gasteiger partial charge on any atom is -0.357 e. The van der Waals surface area contributed by atoms with Crippen molar-refractivity contribution in [1.82, 2.24) is 4.98 Å². The molecule has 152 valence electrons. The van der Waals surface area contributed by atoms with Gasteiger partial charge in [-0.2, -0.15) is 0 Å². The Labute approximate surface area is 177 Å². The van der Waals surface area contributed by atoms with E-state index in [1.165, 1.54) is 0 Å². The molecule has 1 heterocycles. The Hall–Kier alpha value is -1.44. The zero-order valence-corrected chi connectivity index (χ0v) is 20.3. The highest BCUT2D eigenvalue weighted by atomic mass is 35.5. The Bertz CT molecular complexity index is 773. The molecule has 3 heteroatoms. The molecule has 0 fully saturated rings. The first-order valence-corrected chi connectivity index (χ1v) is 10.6. The van der Waals surface area contributed by atoms with Crippen LogP contribution in [0.4, 0.5) is 0 Å². The second-order valence-corrected chi connectivity index (χ2v) is 6.38. The van der Waals surface area contributed by atoms with Crippen LogP contribution >= 0.6 is 23.2 Å². The van der Waals surface area contributed by atoms with Crippen LogP contribution in [0.1, 0.15) is 73.6 Å². The molecule has 2 rings (SSSR count). The fourth-order valence-electron chi connectivity index (χ4n) is 2.43. The molecule has 0 atom stereocenters. The summed E-state index contributed by atoms with van der Waals surface area (Å²) >= 11 is 12.8. The molecule has 1 nitrogen and oxygen atoms in total. The lowest BCUT2D eigenvalue weighted by Gasteiger charge is -2.12. The zero-order valence-electron chi connectivity index (χ0n) is 18.8. The summed E-state index contributed by atoms with van der Waals surface area (Å²) in [7, 11) is 0. The van der Waals surface area contributed by atoms with E-state index in [1.54, 1.807) is 0 Å². The molecule has 0 aliphatic rings. The Morgan fingerprint density at radius 3 is 1.96 bits per heavy atom. The first kappa shape index (κ1) is 27.8. The number of benzene rings is 1. The summed E-state index contributed by atoms with van der Waals surface area (Å²) in [5.41, 5.74) is 6.09. The number of H-pyrrole nitrogens is 1. The SMILES string of the molecule is C=C(C)/C(=C(/Cl)C=C(C)C)c1ccc(Cl)c2[nH]c(C)cc12.CC.CC.CC. The van der Waals surface area contributed by atoms with Gasteiger partial charge in [-0.3, -0.25) is 0 Å². The molecule has 0 saturated heterocycles. The fourth-order valence-corrected chi connectivity index (χ4v) is 3.12. The summed E-state index contributed by atoms with van der Waals surface area (Å²) in [6.45, 7) is 24.1. The highest BCUT2D eigenvalue weighted by molar-refractivity contribution is 6.37. The van der Waals surface area contributed by atoms with E-state index in [4.69, 9.17) is 23.2 Å². The summed E-state index contributed by atoms with van der Waals surface area (Å²) < 4.78 is 0. The zero-order chi connectivity index (χ0) is 21.7. The number of aromatic amines is 1.